The van der Waals surface area contributed by atoms with E-state index in [9.17, 15) is 9.59 Å². The first-order chi connectivity index (χ1) is 13.2. The van der Waals surface area contributed by atoms with Gasteiger partial charge in [0, 0.05) is 7.11 Å². The molecule has 1 aliphatic rings. The molecule has 29 heavy (non-hydrogen) atoms. The summed E-state index contributed by atoms with van der Waals surface area (Å²) >= 11 is 0. The molecule has 0 saturated heterocycles. The number of esters is 1. The zero-order valence-corrected chi connectivity index (χ0v) is 19.2. The smallest absolute Gasteiger partial charge is 0.316 e. The first kappa shape index (κ1) is 23.1. The number of benzene rings is 1. The van der Waals surface area contributed by atoms with E-state index in [1.807, 2.05) is 32.9 Å². The van der Waals surface area contributed by atoms with E-state index in [1.165, 1.54) is 12.2 Å². The lowest BCUT2D eigenvalue weighted by Crippen LogP contribution is -2.46. The Morgan fingerprint density at radius 1 is 1.10 bits per heavy atom. The molecule has 1 aliphatic heterocycles. The minimum absolute atomic E-state index is 0.292. The molecule has 1 unspecified atom stereocenters. The summed E-state index contributed by atoms with van der Waals surface area (Å²) < 4.78 is 11.1. The Labute approximate surface area is 173 Å². The Morgan fingerprint density at radius 3 is 2.07 bits per heavy atom. The maximum Gasteiger partial charge on any atom is 0.316 e. The molecule has 0 spiro atoms. The lowest BCUT2D eigenvalue weighted by molar-refractivity contribution is -0.276. The number of rotatable bonds is 5. The van der Waals surface area contributed by atoms with Crippen molar-refractivity contribution in [3.63, 3.8) is 0 Å². The van der Waals surface area contributed by atoms with E-state index in [0.717, 1.165) is 22.3 Å². The summed E-state index contributed by atoms with van der Waals surface area (Å²) in [6.07, 6.45) is -0.641. The molecule has 1 amide bonds. The van der Waals surface area contributed by atoms with Crippen molar-refractivity contribution in [2.75, 3.05) is 7.11 Å². The number of nitrogens with zero attached hydrogens (tertiary/aromatic N) is 1. The van der Waals surface area contributed by atoms with Gasteiger partial charge in [0.1, 0.15) is 11.3 Å². The van der Waals surface area contributed by atoms with Crippen molar-refractivity contribution >= 4 is 17.4 Å². The average Bonchev–Trinajstić information content (AvgIpc) is 2.74. The molecular formula is C23H33NO5. The van der Waals surface area contributed by atoms with E-state index in [-0.39, 0.29) is 5.91 Å². The van der Waals surface area contributed by atoms with Gasteiger partial charge in [0.25, 0.3) is 5.91 Å². The summed E-state index contributed by atoms with van der Waals surface area (Å²) in [7, 11) is 1.50. The summed E-state index contributed by atoms with van der Waals surface area (Å²) in [4.78, 5) is 32.0. The van der Waals surface area contributed by atoms with Crippen LogP contribution in [0.25, 0.3) is 5.57 Å². The van der Waals surface area contributed by atoms with E-state index < -0.39 is 23.2 Å². The quantitative estimate of drug-likeness (QED) is 0.537. The molecule has 2 rings (SSSR count). The number of ether oxygens (including phenoxy) is 2. The molecule has 1 atom stereocenters. The molecule has 0 fully saturated rings. The number of hydrogen-bond acceptors (Lipinski definition) is 5. The third-order valence-corrected chi connectivity index (χ3v) is 5.01. The minimum atomic E-state index is -0.996. The minimum Gasteiger partial charge on any atom is -0.427 e. The van der Waals surface area contributed by atoms with Crippen LogP contribution in [-0.2, 0) is 23.9 Å². The van der Waals surface area contributed by atoms with E-state index >= 15 is 0 Å². The van der Waals surface area contributed by atoms with Gasteiger partial charge < -0.3 is 9.47 Å². The van der Waals surface area contributed by atoms with Crippen molar-refractivity contribution in [3.8, 4) is 0 Å². The Bertz CT molecular complexity index is 838. The summed E-state index contributed by atoms with van der Waals surface area (Å²) in [5.41, 5.74) is 2.38. The zero-order chi connectivity index (χ0) is 22.3. The van der Waals surface area contributed by atoms with Gasteiger partial charge in [-0.05, 0) is 79.0 Å². The number of methoxy groups -OCH3 is 1. The summed E-state index contributed by atoms with van der Waals surface area (Å²) in [5, 5.41) is 1.25. The topological polar surface area (TPSA) is 65.1 Å². The van der Waals surface area contributed by atoms with Crippen molar-refractivity contribution in [3.05, 3.63) is 40.1 Å². The van der Waals surface area contributed by atoms with Crippen LogP contribution in [0.1, 0.15) is 63.8 Å². The Hall–Kier alpha value is -2.18. The highest BCUT2D eigenvalue weighted by atomic mass is 16.8. The van der Waals surface area contributed by atoms with E-state index in [0.29, 0.717) is 11.3 Å². The molecule has 6 nitrogen and oxygen atoms in total. The van der Waals surface area contributed by atoms with Crippen LogP contribution in [0.2, 0.25) is 0 Å². The van der Waals surface area contributed by atoms with Crippen LogP contribution in [-0.4, -0.2) is 35.9 Å². The summed E-state index contributed by atoms with van der Waals surface area (Å²) in [5.74, 6) is -0.471. The van der Waals surface area contributed by atoms with E-state index in [1.54, 1.807) is 41.5 Å². The van der Waals surface area contributed by atoms with Crippen LogP contribution in [0, 0.1) is 26.2 Å². The molecule has 0 aromatic heterocycles. The molecule has 1 aromatic carbocycles. The SMILES string of the molecule is COC(C)ON1C(=O)C(c2c(C)cc(C)cc2C)=C(OC(=O)C(C)(C)C)C1(C)C. The van der Waals surface area contributed by atoms with Gasteiger partial charge in [-0.15, -0.1) is 0 Å². The fraction of sp³-hybridized carbons (Fsp3) is 0.565. The van der Waals surface area contributed by atoms with Gasteiger partial charge >= 0.3 is 5.97 Å². The number of hydrogen-bond donors (Lipinski definition) is 0. The van der Waals surface area contributed by atoms with Crippen LogP contribution in [0.4, 0.5) is 0 Å². The largest absolute Gasteiger partial charge is 0.427 e. The van der Waals surface area contributed by atoms with Crippen LogP contribution >= 0.6 is 0 Å². The second-order valence-electron chi connectivity index (χ2n) is 9.18. The molecule has 0 bridgehead atoms. The van der Waals surface area contributed by atoms with Gasteiger partial charge in [-0.1, -0.05) is 17.7 Å². The number of carbonyl (C=O) groups is 2. The van der Waals surface area contributed by atoms with Crippen LogP contribution < -0.4 is 0 Å². The number of amides is 1. The third kappa shape index (κ3) is 4.38. The zero-order valence-electron chi connectivity index (χ0n) is 19.2. The highest BCUT2D eigenvalue weighted by Crippen LogP contribution is 2.44. The highest BCUT2D eigenvalue weighted by molar-refractivity contribution is 6.23. The van der Waals surface area contributed by atoms with Crippen molar-refractivity contribution in [1.82, 2.24) is 5.06 Å². The first-order valence-electron chi connectivity index (χ1n) is 9.81. The Kier molecular flexibility index (Phi) is 6.31. The number of carbonyl (C=O) groups excluding carboxylic acids is 2. The predicted octanol–water partition coefficient (Wildman–Crippen LogP) is 4.46. The summed E-state index contributed by atoms with van der Waals surface area (Å²) in [6, 6.07) is 4.03. The monoisotopic (exact) mass is 403 g/mol. The molecule has 0 N–H and O–H groups in total. The van der Waals surface area contributed by atoms with Crippen molar-refractivity contribution in [2.24, 2.45) is 5.41 Å². The Morgan fingerprint density at radius 2 is 1.62 bits per heavy atom. The fourth-order valence-corrected chi connectivity index (χ4v) is 3.44. The second kappa shape index (κ2) is 7.92. The fourth-order valence-electron chi connectivity index (χ4n) is 3.44. The molecule has 0 radical (unpaired) electrons. The molecule has 0 aliphatic carbocycles. The van der Waals surface area contributed by atoms with Gasteiger partial charge in [0.2, 0.25) is 0 Å². The molecule has 6 heteroatoms. The molecular weight excluding hydrogens is 370 g/mol. The maximum absolute atomic E-state index is 13.5. The molecule has 1 heterocycles. The standard InChI is InChI=1S/C23H33NO5/c1-13-11-14(2)17(15(3)12-13)18-19(28-21(26)22(5,6)7)23(8,9)24(20(18)25)29-16(4)27-10/h11-12,16H,1-10H3. The van der Waals surface area contributed by atoms with Gasteiger partial charge in [-0.3, -0.25) is 9.59 Å². The average molecular weight is 404 g/mol. The van der Waals surface area contributed by atoms with Gasteiger partial charge in [0.05, 0.1) is 11.0 Å². The molecule has 1 aromatic rings. The third-order valence-electron chi connectivity index (χ3n) is 5.01. The van der Waals surface area contributed by atoms with Gasteiger partial charge in [-0.25, -0.2) is 9.90 Å². The Balaban J connectivity index is 2.72. The first-order valence-corrected chi connectivity index (χ1v) is 9.81. The van der Waals surface area contributed by atoms with Crippen LogP contribution in [0.15, 0.2) is 17.9 Å². The van der Waals surface area contributed by atoms with Gasteiger partial charge in [0.15, 0.2) is 6.29 Å². The van der Waals surface area contributed by atoms with Crippen LogP contribution in [0.3, 0.4) is 0 Å². The van der Waals surface area contributed by atoms with Gasteiger partial charge in [-0.2, -0.15) is 0 Å². The van der Waals surface area contributed by atoms with E-state index in [4.69, 9.17) is 14.3 Å². The van der Waals surface area contributed by atoms with Crippen molar-refractivity contribution in [2.45, 2.75) is 74.1 Å². The van der Waals surface area contributed by atoms with E-state index in [2.05, 4.69) is 0 Å². The normalized spacial score (nSPS) is 17.7. The van der Waals surface area contributed by atoms with Crippen molar-refractivity contribution < 1.29 is 23.9 Å². The highest BCUT2D eigenvalue weighted by Gasteiger charge is 2.51. The molecule has 160 valence electrons. The number of aryl methyl sites for hydroxylation is 3. The lowest BCUT2D eigenvalue weighted by atomic mass is 9.91. The predicted molar refractivity (Wildman–Crippen MR) is 112 cm³/mol. The lowest BCUT2D eigenvalue weighted by Gasteiger charge is -2.34. The number of hydroxylamine groups is 2. The second-order valence-corrected chi connectivity index (χ2v) is 9.18. The van der Waals surface area contributed by atoms with Crippen molar-refractivity contribution in [1.29, 1.82) is 0 Å². The van der Waals surface area contributed by atoms with Crippen LogP contribution in [0.5, 0.6) is 0 Å². The molecule has 0 saturated carbocycles. The summed E-state index contributed by atoms with van der Waals surface area (Å²) in [6.45, 7) is 16.5. The maximum atomic E-state index is 13.5.